The number of para-hydroxylation sites is 1. The van der Waals surface area contributed by atoms with Crippen LogP contribution in [-0.4, -0.2) is 38.2 Å². The maximum Gasteiger partial charge on any atom is 0.309 e. The normalized spacial score (nSPS) is 9.86. The van der Waals surface area contributed by atoms with E-state index in [1.807, 2.05) is 19.1 Å². The molecule has 146 valence electrons. The number of rotatable bonds is 10. The first-order chi connectivity index (χ1) is 13.6. The van der Waals surface area contributed by atoms with Gasteiger partial charge in [0.05, 0.1) is 25.7 Å². The SMILES string of the molecule is CCOc1ccc(OCCC(=O)OCC(=O)N(CC#N)c2ccccc2)cc1. The molecule has 2 aromatic rings. The van der Waals surface area contributed by atoms with Crippen LogP contribution in [0.15, 0.2) is 54.6 Å². The van der Waals surface area contributed by atoms with Crippen LogP contribution in [-0.2, 0) is 14.3 Å². The van der Waals surface area contributed by atoms with E-state index in [1.165, 1.54) is 4.90 Å². The lowest BCUT2D eigenvalue weighted by atomic mass is 10.3. The minimum atomic E-state index is -0.552. The van der Waals surface area contributed by atoms with Gasteiger partial charge in [-0.05, 0) is 43.3 Å². The van der Waals surface area contributed by atoms with Gasteiger partial charge in [-0.15, -0.1) is 0 Å². The van der Waals surface area contributed by atoms with E-state index >= 15 is 0 Å². The van der Waals surface area contributed by atoms with Gasteiger partial charge in [0.15, 0.2) is 6.61 Å². The summed E-state index contributed by atoms with van der Waals surface area (Å²) in [5.41, 5.74) is 0.573. The average Bonchev–Trinajstić information content (AvgIpc) is 2.72. The standard InChI is InChI=1S/C21H22N2O5/c1-2-26-18-8-10-19(11-9-18)27-15-12-21(25)28-16-20(24)23(14-13-22)17-6-4-3-5-7-17/h3-11H,2,12,14-16H2,1H3. The Morgan fingerprint density at radius 1 is 1.00 bits per heavy atom. The van der Waals surface area contributed by atoms with Crippen molar-refractivity contribution >= 4 is 17.6 Å². The van der Waals surface area contributed by atoms with Gasteiger partial charge in [0.2, 0.25) is 0 Å². The molecule has 0 aromatic heterocycles. The highest BCUT2D eigenvalue weighted by Crippen LogP contribution is 2.17. The molecule has 0 bridgehead atoms. The van der Waals surface area contributed by atoms with Crippen molar-refractivity contribution in [3.05, 3.63) is 54.6 Å². The summed E-state index contributed by atoms with van der Waals surface area (Å²) < 4.78 is 15.8. The molecule has 0 spiro atoms. The number of benzene rings is 2. The second kappa shape index (κ2) is 11.2. The number of nitriles is 1. The molecule has 0 unspecified atom stereocenters. The van der Waals surface area contributed by atoms with Crippen LogP contribution in [0.25, 0.3) is 0 Å². The molecule has 7 nitrogen and oxygen atoms in total. The van der Waals surface area contributed by atoms with Gasteiger partial charge in [-0.25, -0.2) is 0 Å². The lowest BCUT2D eigenvalue weighted by molar-refractivity contribution is -0.148. The lowest BCUT2D eigenvalue weighted by Crippen LogP contribution is -2.35. The Morgan fingerprint density at radius 2 is 1.64 bits per heavy atom. The zero-order chi connectivity index (χ0) is 20.2. The van der Waals surface area contributed by atoms with Gasteiger partial charge in [0.25, 0.3) is 5.91 Å². The van der Waals surface area contributed by atoms with Crippen molar-refractivity contribution in [2.75, 3.05) is 31.3 Å². The fraction of sp³-hybridized carbons (Fsp3) is 0.286. The highest BCUT2D eigenvalue weighted by atomic mass is 16.5. The Balaban J connectivity index is 1.75. The van der Waals surface area contributed by atoms with E-state index in [9.17, 15) is 9.59 Å². The maximum absolute atomic E-state index is 12.3. The highest BCUT2D eigenvalue weighted by Gasteiger charge is 2.17. The minimum Gasteiger partial charge on any atom is -0.494 e. The third-order valence-electron chi connectivity index (χ3n) is 3.66. The molecule has 0 heterocycles. The summed E-state index contributed by atoms with van der Waals surface area (Å²) in [6.07, 6.45) is 0.00405. The number of anilines is 1. The smallest absolute Gasteiger partial charge is 0.309 e. The number of amides is 1. The number of esters is 1. The lowest BCUT2D eigenvalue weighted by Gasteiger charge is -2.19. The van der Waals surface area contributed by atoms with Crippen molar-refractivity contribution in [1.82, 2.24) is 0 Å². The van der Waals surface area contributed by atoms with Gasteiger partial charge in [-0.2, -0.15) is 5.26 Å². The summed E-state index contributed by atoms with van der Waals surface area (Å²) in [5.74, 6) is 0.336. The molecule has 7 heteroatoms. The Hall–Kier alpha value is -3.53. The quantitative estimate of drug-likeness (QED) is 0.464. The van der Waals surface area contributed by atoms with Crippen LogP contribution in [0, 0.1) is 11.3 Å². The van der Waals surface area contributed by atoms with Crippen LogP contribution in [0.3, 0.4) is 0 Å². The van der Waals surface area contributed by atoms with Gasteiger partial charge in [-0.3, -0.25) is 14.5 Å². The average molecular weight is 382 g/mol. The van der Waals surface area contributed by atoms with Crippen molar-refractivity contribution < 1.29 is 23.8 Å². The van der Waals surface area contributed by atoms with Crippen molar-refractivity contribution in [3.63, 3.8) is 0 Å². The van der Waals surface area contributed by atoms with E-state index < -0.39 is 18.5 Å². The fourth-order valence-corrected chi connectivity index (χ4v) is 2.35. The molecule has 2 rings (SSSR count). The first kappa shape index (κ1) is 20.8. The predicted molar refractivity (Wildman–Crippen MR) is 103 cm³/mol. The number of ether oxygens (including phenoxy) is 3. The van der Waals surface area contributed by atoms with Crippen molar-refractivity contribution in [1.29, 1.82) is 5.26 Å². The largest absolute Gasteiger partial charge is 0.494 e. The van der Waals surface area contributed by atoms with Gasteiger partial charge < -0.3 is 14.2 Å². The van der Waals surface area contributed by atoms with Gasteiger partial charge in [0.1, 0.15) is 18.0 Å². The summed E-state index contributed by atoms with van der Waals surface area (Å²) in [4.78, 5) is 25.4. The van der Waals surface area contributed by atoms with Crippen molar-refractivity contribution in [2.45, 2.75) is 13.3 Å². The topological polar surface area (TPSA) is 88.9 Å². The zero-order valence-corrected chi connectivity index (χ0v) is 15.7. The van der Waals surface area contributed by atoms with Crippen molar-refractivity contribution in [2.24, 2.45) is 0 Å². The third-order valence-corrected chi connectivity index (χ3v) is 3.66. The Bertz CT molecular complexity index is 800. The molecule has 0 aliphatic rings. The van der Waals surface area contributed by atoms with E-state index in [1.54, 1.807) is 48.5 Å². The van der Waals surface area contributed by atoms with Gasteiger partial charge >= 0.3 is 5.97 Å². The number of nitrogens with zero attached hydrogens (tertiary/aromatic N) is 2. The van der Waals surface area contributed by atoms with Crippen molar-refractivity contribution in [3.8, 4) is 17.6 Å². The minimum absolute atomic E-state index is 0.00405. The summed E-state index contributed by atoms with van der Waals surface area (Å²) in [5, 5.41) is 8.92. The zero-order valence-electron chi connectivity index (χ0n) is 15.7. The molecule has 0 atom stereocenters. The monoisotopic (exact) mass is 382 g/mol. The van der Waals surface area contributed by atoms with E-state index in [0.29, 0.717) is 18.0 Å². The molecule has 0 aliphatic heterocycles. The summed E-state index contributed by atoms with van der Waals surface area (Å²) >= 11 is 0. The summed E-state index contributed by atoms with van der Waals surface area (Å²) in [6, 6.07) is 17.7. The van der Waals surface area contributed by atoms with E-state index in [4.69, 9.17) is 19.5 Å². The van der Waals surface area contributed by atoms with E-state index in [-0.39, 0.29) is 19.6 Å². The van der Waals surface area contributed by atoms with Crippen LogP contribution in [0.4, 0.5) is 5.69 Å². The Morgan fingerprint density at radius 3 is 2.25 bits per heavy atom. The first-order valence-corrected chi connectivity index (χ1v) is 8.87. The number of hydrogen-bond donors (Lipinski definition) is 0. The molecule has 0 saturated carbocycles. The highest BCUT2D eigenvalue weighted by molar-refractivity contribution is 5.95. The molecule has 28 heavy (non-hydrogen) atoms. The van der Waals surface area contributed by atoms with Crippen LogP contribution in [0.5, 0.6) is 11.5 Å². The predicted octanol–water partition coefficient (Wildman–Crippen LogP) is 2.95. The molecule has 0 radical (unpaired) electrons. The van der Waals surface area contributed by atoms with Crippen LogP contribution in [0.2, 0.25) is 0 Å². The number of carbonyl (C=O) groups is 2. The molecule has 2 aromatic carbocycles. The first-order valence-electron chi connectivity index (χ1n) is 8.87. The van der Waals surface area contributed by atoms with Crippen LogP contribution in [0.1, 0.15) is 13.3 Å². The molecule has 0 saturated heterocycles. The Kier molecular flexibility index (Phi) is 8.34. The molecule has 0 fully saturated rings. The second-order valence-corrected chi connectivity index (χ2v) is 5.64. The second-order valence-electron chi connectivity index (χ2n) is 5.64. The molecular formula is C21H22N2O5. The van der Waals surface area contributed by atoms with E-state index in [0.717, 1.165) is 5.75 Å². The number of carbonyl (C=O) groups excluding carboxylic acids is 2. The van der Waals surface area contributed by atoms with Crippen LogP contribution >= 0.6 is 0 Å². The molecule has 0 N–H and O–H groups in total. The van der Waals surface area contributed by atoms with Gasteiger partial charge in [-0.1, -0.05) is 18.2 Å². The fourth-order valence-electron chi connectivity index (χ4n) is 2.35. The van der Waals surface area contributed by atoms with Gasteiger partial charge in [0, 0.05) is 5.69 Å². The maximum atomic E-state index is 12.3. The summed E-state index contributed by atoms with van der Waals surface area (Å²) in [6.45, 7) is 2.06. The molecule has 0 aliphatic carbocycles. The number of hydrogen-bond acceptors (Lipinski definition) is 6. The van der Waals surface area contributed by atoms with Crippen LogP contribution < -0.4 is 14.4 Å². The molecular weight excluding hydrogens is 360 g/mol. The Labute approximate surface area is 164 Å². The molecule has 1 amide bonds. The summed E-state index contributed by atoms with van der Waals surface area (Å²) in [7, 11) is 0. The third kappa shape index (κ3) is 6.65. The van der Waals surface area contributed by atoms with E-state index in [2.05, 4.69) is 0 Å².